The van der Waals surface area contributed by atoms with Crippen molar-refractivity contribution in [2.24, 2.45) is 0 Å². The van der Waals surface area contributed by atoms with E-state index in [0.717, 1.165) is 25.3 Å². The minimum atomic E-state index is 0.632. The molecular formula is C25H36N4O. The standard InChI is InChI=1S/C25H36N4O/c1-3-4-5-6-12-29-19-20(17-27-29)9-13-28-14-10-21(11-15-28)24-18-26-25-8-7-22(30-2)16-23(24)25/h7-8,16-19,21,26H,3-6,9-15H2,1-2H3. The summed E-state index contributed by atoms with van der Waals surface area (Å²) in [7, 11) is 1.74. The van der Waals surface area contributed by atoms with Crippen LogP contribution in [-0.4, -0.2) is 46.4 Å². The number of benzene rings is 1. The minimum Gasteiger partial charge on any atom is -0.497 e. The first-order chi connectivity index (χ1) is 14.8. The van der Waals surface area contributed by atoms with E-state index in [1.54, 1.807) is 7.11 Å². The van der Waals surface area contributed by atoms with Crippen molar-refractivity contribution in [3.63, 3.8) is 0 Å². The summed E-state index contributed by atoms with van der Waals surface area (Å²) in [6.45, 7) is 6.79. The van der Waals surface area contributed by atoms with Crippen molar-refractivity contribution in [2.45, 2.75) is 64.3 Å². The van der Waals surface area contributed by atoms with Crippen molar-refractivity contribution in [2.75, 3.05) is 26.7 Å². The number of fused-ring (bicyclic) bond motifs is 1. The van der Waals surface area contributed by atoms with Crippen molar-refractivity contribution in [1.82, 2.24) is 19.7 Å². The lowest BCUT2D eigenvalue weighted by molar-refractivity contribution is 0.215. The van der Waals surface area contributed by atoms with Gasteiger partial charge in [-0.3, -0.25) is 4.68 Å². The summed E-state index contributed by atoms with van der Waals surface area (Å²) < 4.78 is 7.56. The van der Waals surface area contributed by atoms with Crippen LogP contribution in [0, 0.1) is 0 Å². The molecule has 1 saturated heterocycles. The fraction of sp³-hybridized carbons (Fsp3) is 0.560. The van der Waals surface area contributed by atoms with Gasteiger partial charge in [-0.25, -0.2) is 0 Å². The highest BCUT2D eigenvalue weighted by Crippen LogP contribution is 2.34. The molecule has 0 unspecified atom stereocenters. The van der Waals surface area contributed by atoms with E-state index in [9.17, 15) is 0 Å². The zero-order chi connectivity index (χ0) is 20.8. The van der Waals surface area contributed by atoms with Crippen LogP contribution in [0.5, 0.6) is 5.75 Å². The second kappa shape index (κ2) is 10.2. The molecule has 0 aliphatic carbocycles. The molecule has 1 N–H and O–H groups in total. The molecule has 2 aromatic heterocycles. The molecule has 3 heterocycles. The van der Waals surface area contributed by atoms with Crippen LogP contribution in [0.3, 0.4) is 0 Å². The lowest BCUT2D eigenvalue weighted by Crippen LogP contribution is -2.34. The number of piperidine rings is 1. The van der Waals surface area contributed by atoms with Crippen molar-refractivity contribution in [1.29, 1.82) is 0 Å². The summed E-state index contributed by atoms with van der Waals surface area (Å²) in [4.78, 5) is 6.06. The van der Waals surface area contributed by atoms with Gasteiger partial charge in [-0.15, -0.1) is 0 Å². The van der Waals surface area contributed by atoms with Gasteiger partial charge in [-0.2, -0.15) is 5.10 Å². The van der Waals surface area contributed by atoms with Crippen LogP contribution >= 0.6 is 0 Å². The third-order valence-electron chi connectivity index (χ3n) is 6.59. The second-order valence-electron chi connectivity index (χ2n) is 8.69. The highest BCUT2D eigenvalue weighted by atomic mass is 16.5. The second-order valence-corrected chi connectivity index (χ2v) is 8.69. The summed E-state index contributed by atoms with van der Waals surface area (Å²) in [6.07, 6.45) is 15.2. The van der Waals surface area contributed by atoms with Crippen LogP contribution in [0.4, 0.5) is 0 Å². The topological polar surface area (TPSA) is 46.1 Å². The molecule has 0 spiro atoms. The molecular weight excluding hydrogens is 372 g/mol. The van der Waals surface area contributed by atoms with Gasteiger partial charge in [0.15, 0.2) is 0 Å². The zero-order valence-electron chi connectivity index (χ0n) is 18.6. The maximum Gasteiger partial charge on any atom is 0.119 e. The highest BCUT2D eigenvalue weighted by molar-refractivity contribution is 5.85. The number of nitrogens with one attached hydrogen (secondary N) is 1. The molecule has 30 heavy (non-hydrogen) atoms. The number of nitrogens with zero attached hydrogens (tertiary/aromatic N) is 3. The van der Waals surface area contributed by atoms with E-state index in [1.807, 2.05) is 6.07 Å². The number of hydrogen-bond donors (Lipinski definition) is 1. The Hall–Kier alpha value is -2.27. The molecule has 1 fully saturated rings. The number of methoxy groups -OCH3 is 1. The maximum absolute atomic E-state index is 5.43. The molecule has 5 heteroatoms. The van der Waals surface area contributed by atoms with Crippen LogP contribution in [0.2, 0.25) is 0 Å². The molecule has 0 saturated carbocycles. The Morgan fingerprint density at radius 1 is 1.13 bits per heavy atom. The van der Waals surface area contributed by atoms with Gasteiger partial charge in [-0.05, 0) is 74.0 Å². The Labute approximate surface area is 180 Å². The van der Waals surface area contributed by atoms with Crippen LogP contribution < -0.4 is 4.74 Å². The van der Waals surface area contributed by atoms with Gasteiger partial charge in [0.2, 0.25) is 0 Å². The molecule has 4 rings (SSSR count). The highest BCUT2D eigenvalue weighted by Gasteiger charge is 2.23. The van der Waals surface area contributed by atoms with Gasteiger partial charge in [0, 0.05) is 36.4 Å². The average molecular weight is 409 g/mol. The van der Waals surface area contributed by atoms with Gasteiger partial charge in [0.1, 0.15) is 5.75 Å². The first kappa shape index (κ1) is 21.0. The summed E-state index contributed by atoms with van der Waals surface area (Å²) in [5, 5.41) is 5.87. The number of rotatable bonds is 10. The fourth-order valence-electron chi connectivity index (χ4n) is 4.70. The van der Waals surface area contributed by atoms with Crippen LogP contribution in [-0.2, 0) is 13.0 Å². The van der Waals surface area contributed by atoms with Crippen LogP contribution in [0.25, 0.3) is 10.9 Å². The van der Waals surface area contributed by atoms with Crippen molar-refractivity contribution < 1.29 is 4.74 Å². The molecule has 0 radical (unpaired) electrons. The van der Waals surface area contributed by atoms with Crippen molar-refractivity contribution in [3.8, 4) is 5.75 Å². The van der Waals surface area contributed by atoms with E-state index >= 15 is 0 Å². The van der Waals surface area contributed by atoms with E-state index < -0.39 is 0 Å². The molecule has 3 aromatic rings. The first-order valence-electron chi connectivity index (χ1n) is 11.7. The van der Waals surface area contributed by atoms with Gasteiger partial charge in [0.05, 0.1) is 13.3 Å². The monoisotopic (exact) mass is 408 g/mol. The van der Waals surface area contributed by atoms with Crippen LogP contribution in [0.15, 0.2) is 36.8 Å². The third-order valence-corrected chi connectivity index (χ3v) is 6.59. The predicted molar refractivity (Wildman–Crippen MR) is 123 cm³/mol. The largest absolute Gasteiger partial charge is 0.497 e. The minimum absolute atomic E-state index is 0.632. The Balaban J connectivity index is 1.25. The van der Waals surface area contributed by atoms with E-state index in [-0.39, 0.29) is 0 Å². The van der Waals surface area contributed by atoms with Gasteiger partial charge < -0.3 is 14.6 Å². The Morgan fingerprint density at radius 3 is 2.80 bits per heavy atom. The third kappa shape index (κ3) is 5.07. The van der Waals surface area contributed by atoms with Crippen molar-refractivity contribution >= 4 is 10.9 Å². The summed E-state index contributed by atoms with van der Waals surface area (Å²) in [5.74, 6) is 1.57. The molecule has 1 aliphatic heterocycles. The van der Waals surface area contributed by atoms with Gasteiger partial charge in [0.25, 0.3) is 0 Å². The predicted octanol–water partition coefficient (Wildman–Crippen LogP) is 5.38. The average Bonchev–Trinajstić information content (AvgIpc) is 3.42. The van der Waals surface area contributed by atoms with E-state index in [1.165, 1.54) is 73.6 Å². The number of aromatic nitrogens is 3. The number of unbranched alkanes of at least 4 members (excludes halogenated alkanes) is 3. The number of H-pyrrole nitrogens is 1. The lowest BCUT2D eigenvalue weighted by atomic mass is 9.89. The first-order valence-corrected chi connectivity index (χ1v) is 11.7. The smallest absolute Gasteiger partial charge is 0.119 e. The number of aryl methyl sites for hydroxylation is 1. The molecule has 162 valence electrons. The number of hydrogen-bond acceptors (Lipinski definition) is 3. The molecule has 1 aromatic carbocycles. The number of ether oxygens (including phenoxy) is 1. The van der Waals surface area contributed by atoms with Crippen molar-refractivity contribution in [3.05, 3.63) is 47.9 Å². The van der Waals surface area contributed by atoms with E-state index in [0.29, 0.717) is 5.92 Å². The van der Waals surface area contributed by atoms with E-state index in [2.05, 4.69) is 57.3 Å². The Morgan fingerprint density at radius 2 is 2.00 bits per heavy atom. The fourth-order valence-corrected chi connectivity index (χ4v) is 4.70. The van der Waals surface area contributed by atoms with Gasteiger partial charge in [-0.1, -0.05) is 26.2 Å². The maximum atomic E-state index is 5.43. The summed E-state index contributed by atoms with van der Waals surface area (Å²) in [6, 6.07) is 6.32. The van der Waals surface area contributed by atoms with Crippen LogP contribution in [0.1, 0.15) is 62.5 Å². The molecule has 5 nitrogen and oxygen atoms in total. The quantitative estimate of drug-likeness (QED) is 0.458. The normalized spacial score (nSPS) is 15.8. The summed E-state index contributed by atoms with van der Waals surface area (Å²) >= 11 is 0. The molecule has 0 amide bonds. The summed E-state index contributed by atoms with van der Waals surface area (Å²) in [5.41, 5.74) is 4.03. The Kier molecular flexibility index (Phi) is 7.11. The van der Waals surface area contributed by atoms with Gasteiger partial charge >= 0.3 is 0 Å². The number of likely N-dealkylation sites (tertiary alicyclic amines) is 1. The van der Waals surface area contributed by atoms with E-state index in [4.69, 9.17) is 4.74 Å². The SMILES string of the molecule is CCCCCCn1cc(CCN2CCC(c3c[nH]c4ccc(OC)cc34)CC2)cn1. The Bertz CT molecular complexity index is 920. The number of aromatic amines is 1. The lowest BCUT2D eigenvalue weighted by Gasteiger charge is -2.31. The molecule has 1 aliphatic rings. The molecule has 0 atom stereocenters. The molecule has 0 bridgehead atoms. The zero-order valence-corrected chi connectivity index (χ0v) is 18.6.